The maximum atomic E-state index is 11.9. The number of hydrogen-bond donors (Lipinski definition) is 1. The lowest BCUT2D eigenvalue weighted by molar-refractivity contribution is 0.0398. The number of rotatable bonds is 2. The number of carbonyl (C=O) groups is 2. The van der Waals surface area contributed by atoms with E-state index in [2.05, 4.69) is 4.98 Å². The highest BCUT2D eigenvalue weighted by Gasteiger charge is 2.17. The molecule has 19 heavy (non-hydrogen) atoms. The molecule has 0 aliphatic rings. The monoisotopic (exact) mass is 256 g/mol. The van der Waals surface area contributed by atoms with E-state index in [9.17, 15) is 9.59 Å². The van der Waals surface area contributed by atoms with E-state index in [0.717, 1.165) is 5.56 Å². The molecule has 0 bridgehead atoms. The second kappa shape index (κ2) is 5.30. The maximum absolute atomic E-state index is 11.9. The van der Waals surface area contributed by atoms with Crippen LogP contribution >= 0.6 is 0 Å². The number of para-hydroxylation sites is 1. The Kier molecular flexibility index (Phi) is 3.56. The van der Waals surface area contributed by atoms with E-state index in [1.54, 1.807) is 25.1 Å². The number of nitrogens with two attached hydrogens (primary N) is 1. The number of esters is 2. The minimum absolute atomic E-state index is 0.178. The van der Waals surface area contributed by atoms with E-state index in [0.29, 0.717) is 5.69 Å². The minimum atomic E-state index is -0.768. The molecule has 0 saturated heterocycles. The average molecular weight is 256 g/mol. The van der Waals surface area contributed by atoms with Crippen LogP contribution in [-0.2, 0) is 4.74 Å². The van der Waals surface area contributed by atoms with Crippen molar-refractivity contribution in [1.82, 2.24) is 4.98 Å². The van der Waals surface area contributed by atoms with Gasteiger partial charge in [-0.05, 0) is 30.7 Å². The van der Waals surface area contributed by atoms with Crippen LogP contribution in [0, 0.1) is 6.92 Å². The Labute approximate surface area is 110 Å². The van der Waals surface area contributed by atoms with Crippen LogP contribution in [0.5, 0.6) is 0 Å². The first-order chi connectivity index (χ1) is 9.09. The Balaban J connectivity index is 2.18. The summed E-state index contributed by atoms with van der Waals surface area (Å²) in [6, 6.07) is 8.07. The molecule has 5 heteroatoms. The number of benzene rings is 1. The molecule has 96 valence electrons. The lowest BCUT2D eigenvalue weighted by Gasteiger charge is -2.07. The number of aromatic nitrogens is 1. The molecular weight excluding hydrogens is 244 g/mol. The smallest absolute Gasteiger partial charge is 0.348 e. The molecule has 0 radical (unpaired) electrons. The summed E-state index contributed by atoms with van der Waals surface area (Å²) in [6.07, 6.45) is 2.85. The summed E-state index contributed by atoms with van der Waals surface area (Å²) in [4.78, 5) is 27.3. The predicted octanol–water partition coefficient (Wildman–Crippen LogP) is 1.97. The Morgan fingerprint density at radius 1 is 1.16 bits per heavy atom. The van der Waals surface area contributed by atoms with E-state index < -0.39 is 11.9 Å². The van der Waals surface area contributed by atoms with Gasteiger partial charge in [0.25, 0.3) is 0 Å². The van der Waals surface area contributed by atoms with Crippen molar-refractivity contribution in [2.75, 3.05) is 5.73 Å². The van der Waals surface area contributed by atoms with Gasteiger partial charge in [-0.15, -0.1) is 0 Å². The topological polar surface area (TPSA) is 82.3 Å². The van der Waals surface area contributed by atoms with Gasteiger partial charge in [0.1, 0.15) is 0 Å². The molecule has 0 saturated carbocycles. The third-order valence-corrected chi connectivity index (χ3v) is 2.63. The summed E-state index contributed by atoms with van der Waals surface area (Å²) >= 11 is 0. The molecule has 0 aliphatic heterocycles. The van der Waals surface area contributed by atoms with Crippen molar-refractivity contribution < 1.29 is 14.3 Å². The Bertz CT molecular complexity index is 624. The average Bonchev–Trinajstić information content (AvgIpc) is 2.42. The van der Waals surface area contributed by atoms with Gasteiger partial charge in [0, 0.05) is 18.1 Å². The third-order valence-electron chi connectivity index (χ3n) is 2.63. The molecule has 2 rings (SSSR count). The van der Waals surface area contributed by atoms with Crippen molar-refractivity contribution in [3.63, 3.8) is 0 Å². The van der Waals surface area contributed by atoms with Gasteiger partial charge in [0.15, 0.2) is 0 Å². The van der Waals surface area contributed by atoms with Gasteiger partial charge < -0.3 is 10.5 Å². The number of carbonyl (C=O) groups excluding carboxylic acids is 2. The van der Waals surface area contributed by atoms with Gasteiger partial charge in [-0.1, -0.05) is 12.1 Å². The van der Waals surface area contributed by atoms with Crippen LogP contribution in [0.3, 0.4) is 0 Å². The SMILES string of the molecule is Cc1cccc(C(=O)OC(=O)c2cccnc2)c1N. The lowest BCUT2D eigenvalue weighted by atomic mass is 10.1. The number of nitrogens with zero attached hydrogens (tertiary/aromatic N) is 1. The number of pyridine rings is 1. The molecule has 2 N–H and O–H groups in total. The van der Waals surface area contributed by atoms with Crippen molar-refractivity contribution in [3.05, 3.63) is 59.4 Å². The third kappa shape index (κ3) is 2.77. The molecule has 1 aromatic carbocycles. The van der Waals surface area contributed by atoms with Crippen LogP contribution in [0.25, 0.3) is 0 Å². The van der Waals surface area contributed by atoms with Gasteiger partial charge in [0.05, 0.1) is 11.1 Å². The lowest BCUT2D eigenvalue weighted by Crippen LogP contribution is -2.14. The standard InChI is InChI=1S/C14H12N2O3/c1-9-4-2-6-11(12(9)15)14(18)19-13(17)10-5-3-7-16-8-10/h2-8H,15H2,1H3. The van der Waals surface area contributed by atoms with Gasteiger partial charge >= 0.3 is 11.9 Å². The first-order valence-corrected chi connectivity index (χ1v) is 5.61. The van der Waals surface area contributed by atoms with E-state index >= 15 is 0 Å². The second-order valence-electron chi connectivity index (χ2n) is 3.95. The van der Waals surface area contributed by atoms with Crippen LogP contribution in [0.15, 0.2) is 42.7 Å². The second-order valence-corrected chi connectivity index (χ2v) is 3.95. The van der Waals surface area contributed by atoms with Gasteiger partial charge in [-0.3, -0.25) is 4.98 Å². The minimum Gasteiger partial charge on any atom is -0.398 e. The molecule has 1 aromatic heterocycles. The van der Waals surface area contributed by atoms with Gasteiger partial charge in [-0.25, -0.2) is 9.59 Å². The molecule has 5 nitrogen and oxygen atoms in total. The molecule has 0 fully saturated rings. The molecule has 2 aromatic rings. The fourth-order valence-electron chi connectivity index (χ4n) is 1.54. The first-order valence-electron chi connectivity index (χ1n) is 5.61. The number of nitrogen functional groups attached to an aromatic ring is 1. The highest BCUT2D eigenvalue weighted by Crippen LogP contribution is 2.17. The van der Waals surface area contributed by atoms with Crippen LogP contribution in [0.4, 0.5) is 5.69 Å². The van der Waals surface area contributed by atoms with Gasteiger partial charge in [0.2, 0.25) is 0 Å². The van der Waals surface area contributed by atoms with Crippen LogP contribution < -0.4 is 5.73 Å². The Hall–Kier alpha value is -2.69. The summed E-state index contributed by atoms with van der Waals surface area (Å²) in [5.41, 5.74) is 7.23. The highest BCUT2D eigenvalue weighted by atomic mass is 16.6. The predicted molar refractivity (Wildman–Crippen MR) is 69.6 cm³/mol. The van der Waals surface area contributed by atoms with Crippen molar-refractivity contribution in [2.24, 2.45) is 0 Å². The summed E-state index contributed by atoms with van der Waals surface area (Å²) in [5.74, 6) is -1.52. The van der Waals surface area contributed by atoms with E-state index in [4.69, 9.17) is 10.5 Å². The normalized spacial score (nSPS) is 9.95. The zero-order valence-corrected chi connectivity index (χ0v) is 10.3. The number of hydrogen-bond acceptors (Lipinski definition) is 5. The summed E-state index contributed by atoms with van der Waals surface area (Å²) in [6.45, 7) is 1.77. The van der Waals surface area contributed by atoms with Crippen molar-refractivity contribution in [2.45, 2.75) is 6.92 Å². The number of anilines is 1. The molecule has 0 spiro atoms. The van der Waals surface area contributed by atoms with Gasteiger partial charge in [-0.2, -0.15) is 0 Å². The van der Waals surface area contributed by atoms with E-state index in [1.807, 2.05) is 0 Å². The summed E-state index contributed by atoms with van der Waals surface area (Å²) in [7, 11) is 0. The molecular formula is C14H12N2O3. The molecule has 0 aliphatic carbocycles. The summed E-state index contributed by atoms with van der Waals surface area (Å²) < 4.78 is 4.76. The zero-order valence-electron chi connectivity index (χ0n) is 10.3. The van der Waals surface area contributed by atoms with Crippen LogP contribution in [0.2, 0.25) is 0 Å². The van der Waals surface area contributed by atoms with E-state index in [1.165, 1.54) is 24.5 Å². The Morgan fingerprint density at radius 3 is 2.63 bits per heavy atom. The number of ether oxygens (including phenoxy) is 1. The van der Waals surface area contributed by atoms with Crippen molar-refractivity contribution >= 4 is 17.6 Å². The quantitative estimate of drug-likeness (QED) is 0.504. The molecule has 1 heterocycles. The van der Waals surface area contributed by atoms with Crippen LogP contribution in [-0.4, -0.2) is 16.9 Å². The van der Waals surface area contributed by atoms with Crippen molar-refractivity contribution in [3.8, 4) is 0 Å². The van der Waals surface area contributed by atoms with E-state index in [-0.39, 0.29) is 11.1 Å². The molecule has 0 unspecified atom stereocenters. The molecule has 0 atom stereocenters. The van der Waals surface area contributed by atoms with Crippen molar-refractivity contribution in [1.29, 1.82) is 0 Å². The first kappa shape index (κ1) is 12.8. The number of aryl methyl sites for hydroxylation is 1. The summed E-state index contributed by atoms with van der Waals surface area (Å²) in [5, 5.41) is 0. The maximum Gasteiger partial charge on any atom is 0.348 e. The fourth-order valence-corrected chi connectivity index (χ4v) is 1.54. The molecule has 0 amide bonds. The van der Waals surface area contributed by atoms with Crippen LogP contribution in [0.1, 0.15) is 26.3 Å². The fraction of sp³-hybridized carbons (Fsp3) is 0.0714. The zero-order chi connectivity index (χ0) is 13.8. The largest absolute Gasteiger partial charge is 0.398 e. The Morgan fingerprint density at radius 2 is 1.95 bits per heavy atom. The highest BCUT2D eigenvalue weighted by molar-refractivity contribution is 6.05.